The fraction of sp³-hybridized carbons (Fsp3) is 0. The van der Waals surface area contributed by atoms with Gasteiger partial charge in [-0.05, 0) is 24.3 Å². The molecule has 0 fully saturated rings. The molecule has 2 heterocycles. The lowest BCUT2D eigenvalue weighted by Gasteiger charge is -1.98. The van der Waals surface area contributed by atoms with E-state index in [-0.39, 0.29) is 11.3 Å². The molecule has 3 rings (SSSR count). The summed E-state index contributed by atoms with van der Waals surface area (Å²) in [6.45, 7) is 0. The molecule has 0 saturated heterocycles. The normalized spacial score (nSPS) is 11.2. The summed E-state index contributed by atoms with van der Waals surface area (Å²) >= 11 is 0. The van der Waals surface area contributed by atoms with Crippen LogP contribution in [0.4, 0.5) is 5.69 Å². The molecule has 2 aromatic heterocycles. The van der Waals surface area contributed by atoms with Crippen molar-refractivity contribution in [3.63, 3.8) is 0 Å². The Labute approximate surface area is 132 Å². The van der Waals surface area contributed by atoms with Gasteiger partial charge in [0.2, 0.25) is 0 Å². The molecule has 1 aromatic carbocycles. The Balaban J connectivity index is 2.14. The van der Waals surface area contributed by atoms with Crippen molar-refractivity contribution in [3.8, 4) is 0 Å². The number of H-pyrrole nitrogens is 2. The van der Waals surface area contributed by atoms with Crippen molar-refractivity contribution >= 4 is 28.8 Å². The highest BCUT2D eigenvalue weighted by molar-refractivity contribution is 5.80. The minimum atomic E-state index is -1.13. The predicted octanol–water partition coefficient (Wildman–Crippen LogP) is 1.25. The summed E-state index contributed by atoms with van der Waals surface area (Å²) in [6.07, 6.45) is 2.34. The van der Waals surface area contributed by atoms with Gasteiger partial charge in [-0.2, -0.15) is 0 Å². The highest BCUT2D eigenvalue weighted by Crippen LogP contribution is 2.15. The average Bonchev–Trinajstić information content (AvgIpc) is 2.51. The van der Waals surface area contributed by atoms with Crippen molar-refractivity contribution in [2.75, 3.05) is 0 Å². The van der Waals surface area contributed by atoms with Crippen LogP contribution in [0.2, 0.25) is 0 Å². The Kier molecular flexibility index (Phi) is 3.66. The minimum Gasteiger partial charge on any atom is -0.422 e. The van der Waals surface area contributed by atoms with E-state index in [1.807, 2.05) is 0 Å². The predicted molar refractivity (Wildman–Crippen MR) is 85.7 cm³/mol. The Hall–Kier alpha value is -3.75. The van der Waals surface area contributed by atoms with Crippen LogP contribution in [0, 0.1) is 10.1 Å². The number of para-hydroxylation sites is 1. The molecule has 0 aliphatic heterocycles. The quantitative estimate of drug-likeness (QED) is 0.421. The number of hydrogen-bond donors (Lipinski definition) is 2. The summed E-state index contributed by atoms with van der Waals surface area (Å²) in [7, 11) is 0. The van der Waals surface area contributed by atoms with Crippen molar-refractivity contribution in [2.45, 2.75) is 0 Å². The van der Waals surface area contributed by atoms with Gasteiger partial charge in [-0.15, -0.1) is 0 Å². The Morgan fingerprint density at radius 3 is 2.58 bits per heavy atom. The molecule has 120 valence electrons. The van der Waals surface area contributed by atoms with Gasteiger partial charge in [-0.25, -0.2) is 9.59 Å². The average molecular weight is 327 g/mol. The highest BCUT2D eigenvalue weighted by Gasteiger charge is 2.18. The Morgan fingerprint density at radius 1 is 1.08 bits per heavy atom. The second-order valence-corrected chi connectivity index (χ2v) is 4.79. The first-order valence-electron chi connectivity index (χ1n) is 6.67. The molecular weight excluding hydrogens is 318 g/mol. The second-order valence-electron chi connectivity index (χ2n) is 4.79. The first-order valence-corrected chi connectivity index (χ1v) is 6.67. The zero-order valence-corrected chi connectivity index (χ0v) is 11.9. The smallest absolute Gasteiger partial charge is 0.357 e. The number of nitrogens with zero attached hydrogens (tertiary/aromatic N) is 1. The van der Waals surface area contributed by atoms with E-state index in [4.69, 9.17) is 4.42 Å². The molecule has 3 aromatic rings. The highest BCUT2D eigenvalue weighted by atomic mass is 16.6. The van der Waals surface area contributed by atoms with Crippen LogP contribution in [0.25, 0.3) is 23.1 Å². The first kappa shape index (κ1) is 15.2. The number of aromatic amines is 2. The first-order chi connectivity index (χ1) is 11.5. The van der Waals surface area contributed by atoms with Crippen LogP contribution in [-0.2, 0) is 0 Å². The summed E-state index contributed by atoms with van der Waals surface area (Å²) in [5.41, 5.74) is -3.30. The van der Waals surface area contributed by atoms with Crippen LogP contribution >= 0.6 is 0 Å². The van der Waals surface area contributed by atoms with E-state index in [1.54, 1.807) is 29.2 Å². The van der Waals surface area contributed by atoms with E-state index in [0.29, 0.717) is 11.0 Å². The van der Waals surface area contributed by atoms with Gasteiger partial charge in [-0.1, -0.05) is 18.2 Å². The van der Waals surface area contributed by atoms with Crippen molar-refractivity contribution in [1.82, 2.24) is 9.97 Å². The van der Waals surface area contributed by atoms with Gasteiger partial charge in [0, 0.05) is 5.39 Å². The van der Waals surface area contributed by atoms with Gasteiger partial charge in [0.15, 0.2) is 0 Å². The second kappa shape index (κ2) is 5.80. The van der Waals surface area contributed by atoms with Crippen LogP contribution in [0.3, 0.4) is 0 Å². The lowest BCUT2D eigenvalue weighted by molar-refractivity contribution is -0.386. The van der Waals surface area contributed by atoms with Crippen LogP contribution in [0.1, 0.15) is 11.3 Å². The molecule has 9 nitrogen and oxygen atoms in total. The van der Waals surface area contributed by atoms with E-state index < -0.39 is 27.5 Å². The van der Waals surface area contributed by atoms with Crippen molar-refractivity contribution in [3.05, 3.63) is 83.0 Å². The summed E-state index contributed by atoms with van der Waals surface area (Å²) in [4.78, 5) is 48.7. The van der Waals surface area contributed by atoms with Crippen LogP contribution in [0.15, 0.2) is 49.1 Å². The van der Waals surface area contributed by atoms with Gasteiger partial charge in [-0.3, -0.25) is 19.9 Å². The van der Waals surface area contributed by atoms with Gasteiger partial charge < -0.3 is 9.40 Å². The molecule has 0 unspecified atom stereocenters. The maximum absolute atomic E-state index is 11.9. The molecule has 2 N–H and O–H groups in total. The third kappa shape index (κ3) is 2.77. The molecule has 0 aliphatic carbocycles. The molecule has 0 aliphatic rings. The SMILES string of the molecule is O=c1[nH]c(C=Cc2cc3ccccc3oc2=O)c([N+](=O)[O-])c(=O)[nH]1. The summed E-state index contributed by atoms with van der Waals surface area (Å²) in [6, 6.07) is 8.37. The zero-order valence-electron chi connectivity index (χ0n) is 11.9. The number of nitro groups is 1. The molecule has 0 bridgehead atoms. The molecule has 24 heavy (non-hydrogen) atoms. The number of fused-ring (bicyclic) bond motifs is 1. The molecule has 0 amide bonds. The Morgan fingerprint density at radius 2 is 1.83 bits per heavy atom. The molecular formula is C15H9N3O6. The topological polar surface area (TPSA) is 139 Å². The molecule has 9 heteroatoms. The van der Waals surface area contributed by atoms with Gasteiger partial charge >= 0.3 is 22.6 Å². The largest absolute Gasteiger partial charge is 0.422 e. The van der Waals surface area contributed by atoms with Crippen LogP contribution < -0.4 is 16.9 Å². The molecule has 0 spiro atoms. The maximum atomic E-state index is 11.9. The number of aromatic nitrogens is 2. The van der Waals surface area contributed by atoms with E-state index in [0.717, 1.165) is 6.08 Å². The van der Waals surface area contributed by atoms with E-state index in [1.165, 1.54) is 12.1 Å². The van der Waals surface area contributed by atoms with E-state index in [2.05, 4.69) is 4.98 Å². The van der Waals surface area contributed by atoms with Crippen LogP contribution in [0.5, 0.6) is 0 Å². The summed E-state index contributed by atoms with van der Waals surface area (Å²) in [5, 5.41) is 11.6. The standard InChI is InChI=1S/C15H9N3O6/c19-13-12(18(22)23)10(16-15(21)17-13)6-5-9-7-8-3-1-2-4-11(8)24-14(9)20/h1-7H,(H2,16,17,19,21). The third-order valence-electron chi connectivity index (χ3n) is 3.23. The van der Waals surface area contributed by atoms with Gasteiger partial charge in [0.25, 0.3) is 0 Å². The molecule has 0 radical (unpaired) electrons. The third-order valence-corrected chi connectivity index (χ3v) is 3.23. The number of benzene rings is 1. The maximum Gasteiger partial charge on any atom is 0.357 e. The zero-order chi connectivity index (χ0) is 17.3. The number of nitrogens with one attached hydrogen (secondary N) is 2. The minimum absolute atomic E-state index is 0.115. The lowest BCUT2D eigenvalue weighted by atomic mass is 10.1. The van der Waals surface area contributed by atoms with Gasteiger partial charge in [0.05, 0.1) is 10.5 Å². The van der Waals surface area contributed by atoms with E-state index in [9.17, 15) is 24.5 Å². The molecule has 0 atom stereocenters. The monoisotopic (exact) mass is 327 g/mol. The van der Waals surface area contributed by atoms with Crippen molar-refractivity contribution in [1.29, 1.82) is 0 Å². The van der Waals surface area contributed by atoms with E-state index >= 15 is 0 Å². The Bertz CT molecular complexity index is 1150. The molecule has 0 saturated carbocycles. The van der Waals surface area contributed by atoms with Crippen molar-refractivity contribution in [2.24, 2.45) is 0 Å². The lowest BCUT2D eigenvalue weighted by Crippen LogP contribution is -2.25. The van der Waals surface area contributed by atoms with Gasteiger partial charge in [0.1, 0.15) is 11.3 Å². The number of hydrogen-bond acceptors (Lipinski definition) is 6. The van der Waals surface area contributed by atoms with Crippen molar-refractivity contribution < 1.29 is 9.34 Å². The summed E-state index contributed by atoms with van der Waals surface area (Å²) < 4.78 is 5.13. The fourth-order valence-corrected chi connectivity index (χ4v) is 2.17. The van der Waals surface area contributed by atoms with Crippen LogP contribution in [-0.4, -0.2) is 14.9 Å². The number of rotatable bonds is 3. The summed E-state index contributed by atoms with van der Waals surface area (Å²) in [5.74, 6) is 0. The fourth-order valence-electron chi connectivity index (χ4n) is 2.17.